The minimum atomic E-state index is -0.502. The highest BCUT2D eigenvalue weighted by Crippen LogP contribution is 2.40. The molecular weight excluding hydrogens is 548 g/mol. The van der Waals surface area contributed by atoms with Gasteiger partial charge in [0, 0.05) is 55.2 Å². The summed E-state index contributed by atoms with van der Waals surface area (Å²) in [4.78, 5) is 36.4. The van der Waals surface area contributed by atoms with Gasteiger partial charge in [0.15, 0.2) is 5.82 Å². The summed E-state index contributed by atoms with van der Waals surface area (Å²) in [7, 11) is 3.54. The van der Waals surface area contributed by atoms with Crippen LogP contribution in [0, 0.1) is 13.8 Å². The maximum atomic E-state index is 13.3. The fourth-order valence-electron chi connectivity index (χ4n) is 5.36. The summed E-state index contributed by atoms with van der Waals surface area (Å²) in [6.07, 6.45) is 2.60. The van der Waals surface area contributed by atoms with Crippen molar-refractivity contribution in [3.05, 3.63) is 62.5 Å². The van der Waals surface area contributed by atoms with E-state index in [1.54, 1.807) is 0 Å². The third-order valence-corrected chi connectivity index (χ3v) is 9.20. The summed E-state index contributed by atoms with van der Waals surface area (Å²) in [6, 6.07) is 6.96. The average Bonchev–Trinajstić information content (AvgIpc) is 3.45. The molecule has 2 aliphatic rings. The number of benzene rings is 1. The van der Waals surface area contributed by atoms with Gasteiger partial charge in [-0.1, -0.05) is 23.7 Å². The normalized spacial score (nSPS) is 17.6. The molecule has 0 radical (unpaired) electrons. The first kappa shape index (κ1) is 28.6. The summed E-state index contributed by atoms with van der Waals surface area (Å²) in [5.41, 5.74) is 3.15. The molecule has 3 aromatic rings. The van der Waals surface area contributed by atoms with Crippen LogP contribution in [0.2, 0.25) is 5.02 Å². The number of piperazine rings is 1. The van der Waals surface area contributed by atoms with Crippen LogP contribution in [0.5, 0.6) is 0 Å². The Morgan fingerprint density at radius 1 is 1.07 bits per heavy atom. The minimum Gasteiger partial charge on any atom is -0.465 e. The summed E-state index contributed by atoms with van der Waals surface area (Å²) in [6.45, 7) is 9.17. The van der Waals surface area contributed by atoms with E-state index in [1.807, 2.05) is 42.7 Å². The van der Waals surface area contributed by atoms with Gasteiger partial charge in [0.05, 0.1) is 12.8 Å². The molecule has 1 aromatic carbocycles. The number of Topliss-reactive ketones (excluding diaryl/α,β-unsaturated/α-hetero) is 1. The zero-order valence-corrected chi connectivity index (χ0v) is 25.0. The molecule has 1 saturated heterocycles. The molecule has 0 bridgehead atoms. The number of methoxy groups -OCH3 is 1. The number of ketones is 1. The van der Waals surface area contributed by atoms with Crippen molar-refractivity contribution in [2.75, 3.05) is 46.9 Å². The number of aromatic nitrogens is 3. The first-order valence-corrected chi connectivity index (χ1v) is 14.9. The Morgan fingerprint density at radius 2 is 1.80 bits per heavy atom. The Kier molecular flexibility index (Phi) is 8.80. The monoisotopic (exact) mass is 582 g/mol. The number of likely N-dealkylation sites (N-methyl/N-ethyl adjacent to an activating group) is 1. The van der Waals surface area contributed by atoms with E-state index in [0.717, 1.165) is 67.3 Å². The molecule has 0 unspecified atom stereocenters. The summed E-state index contributed by atoms with van der Waals surface area (Å²) in [5, 5.41) is 10.2. The molecule has 0 N–H and O–H groups in total. The Bertz CT molecular complexity index is 1420. The molecule has 0 saturated carbocycles. The van der Waals surface area contributed by atoms with Crippen LogP contribution in [0.3, 0.4) is 0 Å². The Balaban J connectivity index is 1.43. The molecule has 2 aliphatic heterocycles. The van der Waals surface area contributed by atoms with E-state index in [9.17, 15) is 9.59 Å². The highest BCUT2D eigenvalue weighted by molar-refractivity contribution is 7.17. The fraction of sp³-hybridized carbons (Fsp3) is 0.483. The molecule has 1 fully saturated rings. The lowest BCUT2D eigenvalue weighted by Gasteiger charge is -2.32. The van der Waals surface area contributed by atoms with Crippen LogP contribution < -0.4 is 0 Å². The van der Waals surface area contributed by atoms with Crippen molar-refractivity contribution in [2.45, 2.75) is 45.6 Å². The number of halogens is 1. The lowest BCUT2D eigenvalue weighted by Crippen LogP contribution is -2.44. The molecule has 11 heteroatoms. The van der Waals surface area contributed by atoms with E-state index >= 15 is 0 Å². The predicted molar refractivity (Wildman–Crippen MR) is 157 cm³/mol. The molecule has 0 spiro atoms. The second-order valence-corrected chi connectivity index (χ2v) is 11.9. The molecule has 1 atom stereocenters. The van der Waals surface area contributed by atoms with Crippen LogP contribution in [0.4, 0.5) is 0 Å². The molecule has 0 amide bonds. The summed E-state index contributed by atoms with van der Waals surface area (Å²) >= 11 is 7.53. The Morgan fingerprint density at radius 3 is 2.50 bits per heavy atom. The van der Waals surface area contributed by atoms with Crippen molar-refractivity contribution >= 4 is 40.4 Å². The molecule has 5 rings (SSSR count). The van der Waals surface area contributed by atoms with Gasteiger partial charge in [0.2, 0.25) is 0 Å². The van der Waals surface area contributed by atoms with E-state index in [2.05, 4.69) is 27.0 Å². The van der Waals surface area contributed by atoms with Crippen LogP contribution in [0.25, 0.3) is 5.00 Å². The largest absolute Gasteiger partial charge is 0.465 e. The van der Waals surface area contributed by atoms with Crippen molar-refractivity contribution in [2.24, 2.45) is 4.99 Å². The number of fused-ring (bicyclic) bond motifs is 3. The van der Waals surface area contributed by atoms with Gasteiger partial charge in [-0.3, -0.25) is 14.4 Å². The lowest BCUT2D eigenvalue weighted by molar-refractivity contribution is -0.119. The van der Waals surface area contributed by atoms with Gasteiger partial charge in [0.25, 0.3) is 0 Å². The van der Waals surface area contributed by atoms with E-state index < -0.39 is 12.0 Å². The van der Waals surface area contributed by atoms with Crippen LogP contribution in [0.1, 0.15) is 69.7 Å². The molecule has 2 aromatic heterocycles. The van der Waals surface area contributed by atoms with Crippen LogP contribution in [-0.4, -0.2) is 88.9 Å². The zero-order chi connectivity index (χ0) is 28.4. The second-order valence-electron chi connectivity index (χ2n) is 10.5. The number of ether oxygens (including phenoxy) is 1. The number of nitrogens with zero attached hydrogens (tertiary/aromatic N) is 6. The van der Waals surface area contributed by atoms with Gasteiger partial charge < -0.3 is 14.5 Å². The molecule has 9 nitrogen and oxygen atoms in total. The Labute approximate surface area is 243 Å². The quantitative estimate of drug-likeness (QED) is 0.268. The number of carbonyl (C=O) groups is 2. The Hall–Kier alpha value is -2.92. The van der Waals surface area contributed by atoms with Crippen LogP contribution in [-0.2, 0) is 9.53 Å². The zero-order valence-electron chi connectivity index (χ0n) is 23.4. The standard InChI is InChI=1S/C29H35ClN6O3S/c1-18-24-25(20-8-10-21(30)11-9-20)31-23(17-22(37)7-5-6-12-35-15-13-34(3)14-16-35)27-33-32-19(2)36(27)28(24)40-26(18)29(38)39-4/h8-11,23H,5-7,12-17H2,1-4H3/t23-/m1/s1. The first-order chi connectivity index (χ1) is 19.3. The van der Waals surface area contributed by atoms with Crippen molar-refractivity contribution in [3.8, 4) is 5.00 Å². The maximum absolute atomic E-state index is 13.3. The number of hydrogen-bond acceptors (Lipinski definition) is 9. The van der Waals surface area contributed by atoms with Crippen LogP contribution in [0.15, 0.2) is 29.3 Å². The number of aryl methyl sites for hydroxylation is 1. The summed E-state index contributed by atoms with van der Waals surface area (Å²) in [5.74, 6) is 1.03. The molecule has 0 aliphatic carbocycles. The SMILES string of the molecule is COC(=O)c1sc2c(c1C)C(c1ccc(Cl)cc1)=N[C@H](CC(=O)CCCCN1CCN(C)CC1)c1nnc(C)n1-2. The third-order valence-electron chi connectivity index (χ3n) is 7.69. The molecule has 40 heavy (non-hydrogen) atoms. The van der Waals surface area contributed by atoms with Crippen molar-refractivity contribution < 1.29 is 14.3 Å². The summed E-state index contributed by atoms with van der Waals surface area (Å²) < 4.78 is 7.01. The van der Waals surface area contributed by atoms with E-state index in [-0.39, 0.29) is 12.2 Å². The number of esters is 1. The maximum Gasteiger partial charge on any atom is 0.348 e. The second kappa shape index (κ2) is 12.3. The van der Waals surface area contributed by atoms with Gasteiger partial charge in [-0.15, -0.1) is 21.5 Å². The number of rotatable bonds is 9. The van der Waals surface area contributed by atoms with Gasteiger partial charge in [-0.2, -0.15) is 0 Å². The van der Waals surface area contributed by atoms with Gasteiger partial charge in [-0.25, -0.2) is 4.79 Å². The molecular formula is C29H35ClN6O3S. The van der Waals surface area contributed by atoms with Gasteiger partial charge in [0.1, 0.15) is 27.5 Å². The van der Waals surface area contributed by atoms with Gasteiger partial charge >= 0.3 is 5.97 Å². The van der Waals surface area contributed by atoms with Gasteiger partial charge in [-0.05, 0) is 58.0 Å². The average molecular weight is 583 g/mol. The number of unbranched alkanes of at least 4 members (excludes halogenated alkanes) is 1. The minimum absolute atomic E-state index is 0.159. The highest BCUT2D eigenvalue weighted by atomic mass is 35.5. The van der Waals surface area contributed by atoms with Crippen LogP contribution >= 0.6 is 22.9 Å². The number of aliphatic imine (C=N–C) groups is 1. The van der Waals surface area contributed by atoms with Crippen molar-refractivity contribution in [1.29, 1.82) is 0 Å². The molecule has 4 heterocycles. The number of hydrogen-bond donors (Lipinski definition) is 0. The third kappa shape index (κ3) is 5.90. The van der Waals surface area contributed by atoms with Crippen molar-refractivity contribution in [1.82, 2.24) is 24.6 Å². The number of thiophene rings is 1. The topological polar surface area (TPSA) is 92.9 Å². The first-order valence-electron chi connectivity index (χ1n) is 13.7. The van der Waals surface area contributed by atoms with E-state index in [0.29, 0.717) is 33.7 Å². The highest BCUT2D eigenvalue weighted by Gasteiger charge is 2.34. The molecule has 212 valence electrons. The smallest absolute Gasteiger partial charge is 0.348 e. The lowest BCUT2D eigenvalue weighted by atomic mass is 9.99. The fourth-order valence-corrected chi connectivity index (χ4v) is 6.77. The van der Waals surface area contributed by atoms with E-state index in [4.69, 9.17) is 21.3 Å². The predicted octanol–water partition coefficient (Wildman–Crippen LogP) is 4.65. The van der Waals surface area contributed by atoms with Crippen molar-refractivity contribution in [3.63, 3.8) is 0 Å². The number of carbonyl (C=O) groups excluding carboxylic acids is 2. The van der Waals surface area contributed by atoms with E-state index in [1.165, 1.54) is 18.4 Å².